The third-order valence-electron chi connectivity index (χ3n) is 4.30. The van der Waals surface area contributed by atoms with E-state index in [1.165, 1.54) is 21.8 Å². The summed E-state index contributed by atoms with van der Waals surface area (Å²) in [5.41, 5.74) is 4.06. The monoisotopic (exact) mass is 342 g/mol. The number of guanidine groups is 1. The van der Waals surface area contributed by atoms with Gasteiger partial charge >= 0.3 is 0 Å². The third-order valence-corrected chi connectivity index (χ3v) is 5.34. The molecular formula is C19H26N4S. The molecule has 1 aliphatic heterocycles. The lowest BCUT2D eigenvalue weighted by Crippen LogP contribution is -2.44. The van der Waals surface area contributed by atoms with Crippen LogP contribution >= 0.6 is 11.3 Å². The van der Waals surface area contributed by atoms with Crippen molar-refractivity contribution >= 4 is 17.3 Å². The number of thiazole rings is 1. The van der Waals surface area contributed by atoms with Crippen LogP contribution in [0, 0.1) is 0 Å². The standard InChI is InChI=1S/C19H26N4S/c1-3-18-22-17(14-24-18)9-11-21-19(20-4-2)23-12-10-15-7-5-6-8-16(15)13-23/h5-8,14H,3-4,9-13H2,1-2H3,(H,20,21). The maximum absolute atomic E-state index is 4.84. The molecule has 4 nitrogen and oxygen atoms in total. The molecular weight excluding hydrogens is 316 g/mol. The highest BCUT2D eigenvalue weighted by molar-refractivity contribution is 7.09. The van der Waals surface area contributed by atoms with Crippen molar-refractivity contribution in [2.45, 2.75) is 39.7 Å². The normalized spacial score (nSPS) is 14.6. The van der Waals surface area contributed by atoms with Crippen molar-refractivity contribution < 1.29 is 0 Å². The fraction of sp³-hybridized carbons (Fsp3) is 0.474. The second-order valence-electron chi connectivity index (χ2n) is 6.01. The smallest absolute Gasteiger partial charge is 0.194 e. The summed E-state index contributed by atoms with van der Waals surface area (Å²) >= 11 is 1.75. The SMILES string of the molecule is CCNC(=NCCc1csc(CC)n1)N1CCc2ccccc2C1. The second-order valence-corrected chi connectivity index (χ2v) is 6.95. The number of aliphatic imine (C=N–C) groups is 1. The fourth-order valence-electron chi connectivity index (χ4n) is 3.00. The van der Waals surface area contributed by atoms with Crippen molar-refractivity contribution in [2.24, 2.45) is 4.99 Å². The van der Waals surface area contributed by atoms with Crippen LogP contribution in [0.15, 0.2) is 34.6 Å². The molecule has 5 heteroatoms. The Morgan fingerprint density at radius 3 is 2.88 bits per heavy atom. The molecule has 3 rings (SSSR count). The number of rotatable bonds is 5. The van der Waals surface area contributed by atoms with Crippen molar-refractivity contribution in [3.05, 3.63) is 51.5 Å². The van der Waals surface area contributed by atoms with Gasteiger partial charge in [-0.2, -0.15) is 0 Å². The maximum Gasteiger partial charge on any atom is 0.194 e. The molecule has 0 saturated heterocycles. The summed E-state index contributed by atoms with van der Waals surface area (Å²) in [5.74, 6) is 1.03. The zero-order valence-electron chi connectivity index (χ0n) is 14.6. The minimum atomic E-state index is 0.785. The minimum absolute atomic E-state index is 0.785. The summed E-state index contributed by atoms with van der Waals surface area (Å²) in [5, 5.41) is 6.83. The van der Waals surface area contributed by atoms with Gasteiger partial charge in [-0.25, -0.2) is 4.98 Å². The van der Waals surface area contributed by atoms with E-state index in [2.05, 4.69) is 58.7 Å². The van der Waals surface area contributed by atoms with Gasteiger partial charge in [-0.3, -0.25) is 4.99 Å². The van der Waals surface area contributed by atoms with Gasteiger partial charge in [0.2, 0.25) is 0 Å². The first-order chi connectivity index (χ1) is 11.8. The van der Waals surface area contributed by atoms with Crippen LogP contribution in [0.3, 0.4) is 0 Å². The Morgan fingerprint density at radius 2 is 2.12 bits per heavy atom. The molecule has 0 amide bonds. The van der Waals surface area contributed by atoms with E-state index in [1.807, 2.05) is 0 Å². The lowest BCUT2D eigenvalue weighted by Gasteiger charge is -2.31. The van der Waals surface area contributed by atoms with E-state index < -0.39 is 0 Å². The molecule has 24 heavy (non-hydrogen) atoms. The quantitative estimate of drug-likeness (QED) is 0.670. The summed E-state index contributed by atoms with van der Waals surface area (Å²) in [6.07, 6.45) is 3.02. The average Bonchev–Trinajstić information content (AvgIpc) is 3.08. The fourth-order valence-corrected chi connectivity index (χ4v) is 3.78. The van der Waals surface area contributed by atoms with Crippen molar-refractivity contribution in [3.8, 4) is 0 Å². The Kier molecular flexibility index (Phi) is 5.86. The molecule has 0 atom stereocenters. The minimum Gasteiger partial charge on any atom is -0.357 e. The van der Waals surface area contributed by atoms with Crippen molar-refractivity contribution in [1.29, 1.82) is 0 Å². The van der Waals surface area contributed by atoms with Crippen LogP contribution in [0.4, 0.5) is 0 Å². The van der Waals surface area contributed by atoms with Gasteiger partial charge in [0.1, 0.15) is 0 Å². The van der Waals surface area contributed by atoms with E-state index in [9.17, 15) is 0 Å². The molecule has 0 bridgehead atoms. The van der Waals surface area contributed by atoms with Crippen LogP contribution in [0.25, 0.3) is 0 Å². The largest absolute Gasteiger partial charge is 0.357 e. The molecule has 0 fully saturated rings. The van der Waals surface area contributed by atoms with E-state index >= 15 is 0 Å². The van der Waals surface area contributed by atoms with Crippen molar-refractivity contribution in [1.82, 2.24) is 15.2 Å². The molecule has 2 heterocycles. The van der Waals surface area contributed by atoms with Crippen LogP contribution in [-0.2, 0) is 25.8 Å². The summed E-state index contributed by atoms with van der Waals surface area (Å²) in [6.45, 7) is 7.93. The number of fused-ring (bicyclic) bond motifs is 1. The van der Waals surface area contributed by atoms with Gasteiger partial charge in [0.15, 0.2) is 5.96 Å². The van der Waals surface area contributed by atoms with E-state index in [4.69, 9.17) is 4.99 Å². The molecule has 1 aliphatic rings. The van der Waals surface area contributed by atoms with E-state index in [-0.39, 0.29) is 0 Å². The summed E-state index contributed by atoms with van der Waals surface area (Å²) in [6, 6.07) is 8.73. The molecule has 0 aliphatic carbocycles. The van der Waals surface area contributed by atoms with Crippen LogP contribution in [0.2, 0.25) is 0 Å². The molecule has 128 valence electrons. The zero-order chi connectivity index (χ0) is 16.8. The molecule has 0 radical (unpaired) electrons. The molecule has 1 aromatic heterocycles. The number of nitrogens with one attached hydrogen (secondary N) is 1. The molecule has 2 aromatic rings. The van der Waals surface area contributed by atoms with Crippen LogP contribution in [0.5, 0.6) is 0 Å². The highest BCUT2D eigenvalue weighted by Gasteiger charge is 2.18. The van der Waals surface area contributed by atoms with Gasteiger partial charge in [0.05, 0.1) is 10.7 Å². The van der Waals surface area contributed by atoms with Gasteiger partial charge in [-0.15, -0.1) is 11.3 Å². The number of hydrogen-bond acceptors (Lipinski definition) is 3. The van der Waals surface area contributed by atoms with E-state index in [1.54, 1.807) is 11.3 Å². The Bertz CT molecular complexity index is 692. The lowest BCUT2D eigenvalue weighted by molar-refractivity contribution is 0.379. The number of hydrogen-bond donors (Lipinski definition) is 1. The second kappa shape index (κ2) is 8.29. The number of nitrogens with zero attached hydrogens (tertiary/aromatic N) is 3. The maximum atomic E-state index is 4.84. The molecule has 1 N–H and O–H groups in total. The molecule has 0 unspecified atom stereocenters. The van der Waals surface area contributed by atoms with Crippen LogP contribution in [0.1, 0.15) is 35.7 Å². The lowest BCUT2D eigenvalue weighted by atomic mass is 10.0. The summed E-state index contributed by atoms with van der Waals surface area (Å²) < 4.78 is 0. The van der Waals surface area contributed by atoms with Crippen LogP contribution in [-0.4, -0.2) is 35.5 Å². The topological polar surface area (TPSA) is 40.5 Å². The molecule has 0 spiro atoms. The Hall–Kier alpha value is -1.88. The van der Waals surface area contributed by atoms with E-state index in [0.717, 1.165) is 51.4 Å². The number of benzene rings is 1. The predicted molar refractivity (Wildman–Crippen MR) is 102 cm³/mol. The van der Waals surface area contributed by atoms with Crippen molar-refractivity contribution in [3.63, 3.8) is 0 Å². The highest BCUT2D eigenvalue weighted by Crippen LogP contribution is 2.18. The zero-order valence-corrected chi connectivity index (χ0v) is 15.4. The van der Waals surface area contributed by atoms with Gasteiger partial charge < -0.3 is 10.2 Å². The first-order valence-electron chi connectivity index (χ1n) is 8.83. The van der Waals surface area contributed by atoms with Gasteiger partial charge in [0, 0.05) is 38.0 Å². The first-order valence-corrected chi connectivity index (χ1v) is 9.71. The number of aromatic nitrogens is 1. The summed E-state index contributed by atoms with van der Waals surface area (Å²) in [4.78, 5) is 11.8. The summed E-state index contributed by atoms with van der Waals surface area (Å²) in [7, 11) is 0. The Morgan fingerprint density at radius 1 is 1.29 bits per heavy atom. The Labute approximate surface area is 148 Å². The van der Waals surface area contributed by atoms with Gasteiger partial charge in [-0.1, -0.05) is 31.2 Å². The van der Waals surface area contributed by atoms with Crippen molar-refractivity contribution in [2.75, 3.05) is 19.6 Å². The predicted octanol–water partition coefficient (Wildman–Crippen LogP) is 3.27. The highest BCUT2D eigenvalue weighted by atomic mass is 32.1. The average molecular weight is 343 g/mol. The molecule has 1 aromatic carbocycles. The van der Waals surface area contributed by atoms with Gasteiger partial charge in [-0.05, 0) is 30.9 Å². The number of aryl methyl sites for hydroxylation is 1. The van der Waals surface area contributed by atoms with Crippen LogP contribution < -0.4 is 5.32 Å². The van der Waals surface area contributed by atoms with Gasteiger partial charge in [0.25, 0.3) is 0 Å². The molecule has 0 saturated carbocycles. The Balaban J connectivity index is 1.63. The first kappa shape index (κ1) is 17.0. The third kappa shape index (κ3) is 4.15. The van der Waals surface area contributed by atoms with E-state index in [0.29, 0.717) is 0 Å².